The van der Waals surface area contributed by atoms with Gasteiger partial charge in [-0.3, -0.25) is 4.79 Å². The summed E-state index contributed by atoms with van der Waals surface area (Å²) < 4.78 is 4.92. The monoisotopic (exact) mass is 183 g/mol. The Hall–Kier alpha value is -1.06. The average Bonchev–Trinajstić information content (AvgIpc) is 2.81. The molecule has 0 bridgehead atoms. The van der Waals surface area contributed by atoms with Crippen molar-refractivity contribution in [2.45, 2.75) is 38.3 Å². The van der Waals surface area contributed by atoms with Gasteiger partial charge in [0.2, 0.25) is 5.91 Å². The zero-order valence-electron chi connectivity index (χ0n) is 7.58. The molecule has 2 rings (SSSR count). The minimum atomic E-state index is -0.400. The van der Waals surface area contributed by atoms with Crippen LogP contribution in [0.2, 0.25) is 0 Å². The molecule has 13 heavy (non-hydrogen) atoms. The van der Waals surface area contributed by atoms with Crippen molar-refractivity contribution in [2.24, 2.45) is 5.92 Å². The number of nitrogens with one attached hydrogen (secondary N) is 1. The summed E-state index contributed by atoms with van der Waals surface area (Å²) in [5, 5.41) is 2.71. The van der Waals surface area contributed by atoms with Gasteiger partial charge in [-0.25, -0.2) is 4.79 Å². The molecule has 1 heterocycles. The molecular weight excluding hydrogens is 170 g/mol. The van der Waals surface area contributed by atoms with Gasteiger partial charge in [0.1, 0.15) is 12.1 Å². The molecule has 1 aliphatic carbocycles. The fourth-order valence-electron chi connectivity index (χ4n) is 1.51. The predicted molar refractivity (Wildman–Crippen MR) is 44.8 cm³/mol. The van der Waals surface area contributed by atoms with Gasteiger partial charge in [-0.1, -0.05) is 0 Å². The number of amides is 1. The molecule has 0 aromatic heterocycles. The molecule has 2 unspecified atom stereocenters. The third-order valence-corrected chi connectivity index (χ3v) is 2.43. The van der Waals surface area contributed by atoms with Crippen molar-refractivity contribution >= 4 is 11.9 Å². The molecule has 0 aromatic carbocycles. The zero-order chi connectivity index (χ0) is 9.42. The number of rotatable bonds is 2. The van der Waals surface area contributed by atoms with E-state index >= 15 is 0 Å². The van der Waals surface area contributed by atoms with Crippen LogP contribution in [-0.4, -0.2) is 24.0 Å². The van der Waals surface area contributed by atoms with Gasteiger partial charge in [0.15, 0.2) is 0 Å². The van der Waals surface area contributed by atoms with E-state index in [0.717, 1.165) is 12.8 Å². The summed E-state index contributed by atoms with van der Waals surface area (Å²) >= 11 is 0. The quantitative estimate of drug-likeness (QED) is 0.623. The lowest BCUT2D eigenvalue weighted by Crippen LogP contribution is -2.38. The van der Waals surface area contributed by atoms with Crippen molar-refractivity contribution in [1.29, 1.82) is 0 Å². The second kappa shape index (κ2) is 3.01. The highest BCUT2D eigenvalue weighted by molar-refractivity contribution is 5.87. The highest BCUT2D eigenvalue weighted by Gasteiger charge is 2.37. The standard InChI is InChI=1S/C9H13NO3/c1-5-4-7(9(12)13-5)10-8(11)6-2-3-6/h5-7H,2-4H2,1H3,(H,10,11). The van der Waals surface area contributed by atoms with Crippen LogP contribution in [0.1, 0.15) is 26.2 Å². The lowest BCUT2D eigenvalue weighted by molar-refractivity contribution is -0.143. The third-order valence-electron chi connectivity index (χ3n) is 2.43. The molecule has 1 saturated carbocycles. The molecule has 0 aromatic rings. The van der Waals surface area contributed by atoms with E-state index in [-0.39, 0.29) is 23.9 Å². The first-order chi connectivity index (χ1) is 6.16. The van der Waals surface area contributed by atoms with Gasteiger partial charge in [0.05, 0.1) is 0 Å². The number of hydrogen-bond donors (Lipinski definition) is 1. The lowest BCUT2D eigenvalue weighted by atomic mass is 10.2. The number of carbonyl (C=O) groups is 2. The summed E-state index contributed by atoms with van der Waals surface area (Å²) in [4.78, 5) is 22.4. The SMILES string of the molecule is CC1CC(NC(=O)C2CC2)C(=O)O1. The molecular formula is C9H13NO3. The Labute approximate surface area is 76.6 Å². The van der Waals surface area contributed by atoms with Crippen LogP contribution in [0.5, 0.6) is 0 Å². The fraction of sp³-hybridized carbons (Fsp3) is 0.778. The molecule has 1 N–H and O–H groups in total. The van der Waals surface area contributed by atoms with Crippen LogP contribution in [0.25, 0.3) is 0 Å². The maximum atomic E-state index is 11.3. The Morgan fingerprint density at radius 3 is 2.69 bits per heavy atom. The first-order valence-electron chi connectivity index (χ1n) is 4.67. The smallest absolute Gasteiger partial charge is 0.329 e. The van der Waals surface area contributed by atoms with Crippen molar-refractivity contribution in [3.63, 3.8) is 0 Å². The van der Waals surface area contributed by atoms with Crippen LogP contribution < -0.4 is 5.32 Å². The highest BCUT2D eigenvalue weighted by Crippen LogP contribution is 2.29. The maximum Gasteiger partial charge on any atom is 0.329 e. The van der Waals surface area contributed by atoms with Gasteiger partial charge in [0.25, 0.3) is 0 Å². The van der Waals surface area contributed by atoms with E-state index in [1.54, 1.807) is 0 Å². The van der Waals surface area contributed by atoms with Crippen LogP contribution >= 0.6 is 0 Å². The molecule has 4 nitrogen and oxygen atoms in total. The number of hydrogen-bond acceptors (Lipinski definition) is 3. The molecule has 0 radical (unpaired) electrons. The summed E-state index contributed by atoms with van der Waals surface area (Å²) in [5.74, 6) is -0.124. The summed E-state index contributed by atoms with van der Waals surface area (Å²) in [6, 6.07) is -0.400. The molecule has 2 fully saturated rings. The van der Waals surface area contributed by atoms with Gasteiger partial charge in [-0.15, -0.1) is 0 Å². The molecule has 2 atom stereocenters. The van der Waals surface area contributed by atoms with E-state index in [0.29, 0.717) is 6.42 Å². The Bertz CT molecular complexity index is 247. The first-order valence-corrected chi connectivity index (χ1v) is 4.67. The number of esters is 1. The normalized spacial score (nSPS) is 32.8. The zero-order valence-corrected chi connectivity index (χ0v) is 7.58. The maximum absolute atomic E-state index is 11.3. The number of cyclic esters (lactones) is 1. The van der Waals surface area contributed by atoms with Crippen LogP contribution in [-0.2, 0) is 14.3 Å². The lowest BCUT2D eigenvalue weighted by Gasteiger charge is -2.07. The van der Waals surface area contributed by atoms with E-state index in [4.69, 9.17) is 4.74 Å². The summed E-state index contributed by atoms with van der Waals surface area (Å²) in [7, 11) is 0. The van der Waals surface area contributed by atoms with Crippen LogP contribution in [0.3, 0.4) is 0 Å². The van der Waals surface area contributed by atoms with Gasteiger partial charge < -0.3 is 10.1 Å². The topological polar surface area (TPSA) is 55.4 Å². The van der Waals surface area contributed by atoms with Crippen LogP contribution in [0.15, 0.2) is 0 Å². The van der Waals surface area contributed by atoms with Gasteiger partial charge >= 0.3 is 5.97 Å². The van der Waals surface area contributed by atoms with Gasteiger partial charge in [-0.05, 0) is 19.8 Å². The Morgan fingerprint density at radius 2 is 2.23 bits per heavy atom. The minimum absolute atomic E-state index is 0.0102. The molecule has 1 aliphatic heterocycles. The molecule has 1 saturated heterocycles. The second-order valence-corrected chi connectivity index (χ2v) is 3.82. The molecule has 2 aliphatic rings. The Morgan fingerprint density at radius 1 is 1.54 bits per heavy atom. The summed E-state index contributed by atoms with van der Waals surface area (Å²) in [6.07, 6.45) is 2.47. The van der Waals surface area contributed by atoms with E-state index in [1.807, 2.05) is 6.92 Å². The third kappa shape index (κ3) is 1.82. The van der Waals surface area contributed by atoms with Crippen molar-refractivity contribution in [3.05, 3.63) is 0 Å². The first kappa shape index (κ1) is 8.53. The van der Waals surface area contributed by atoms with Crippen molar-refractivity contribution in [1.82, 2.24) is 5.32 Å². The van der Waals surface area contributed by atoms with Crippen LogP contribution in [0, 0.1) is 5.92 Å². The van der Waals surface area contributed by atoms with Crippen molar-refractivity contribution < 1.29 is 14.3 Å². The summed E-state index contributed by atoms with van der Waals surface area (Å²) in [5.41, 5.74) is 0. The van der Waals surface area contributed by atoms with E-state index in [9.17, 15) is 9.59 Å². The van der Waals surface area contributed by atoms with Gasteiger partial charge in [0, 0.05) is 12.3 Å². The Kier molecular flexibility index (Phi) is 1.98. The molecule has 4 heteroatoms. The molecule has 72 valence electrons. The fourth-order valence-corrected chi connectivity index (χ4v) is 1.51. The average molecular weight is 183 g/mol. The molecule has 0 spiro atoms. The van der Waals surface area contributed by atoms with Crippen molar-refractivity contribution in [3.8, 4) is 0 Å². The molecule has 1 amide bonds. The second-order valence-electron chi connectivity index (χ2n) is 3.82. The number of ether oxygens (including phenoxy) is 1. The van der Waals surface area contributed by atoms with E-state index < -0.39 is 6.04 Å². The highest BCUT2D eigenvalue weighted by atomic mass is 16.6. The van der Waals surface area contributed by atoms with Crippen LogP contribution in [0.4, 0.5) is 0 Å². The van der Waals surface area contributed by atoms with Crippen molar-refractivity contribution in [2.75, 3.05) is 0 Å². The largest absolute Gasteiger partial charge is 0.461 e. The minimum Gasteiger partial charge on any atom is -0.461 e. The van der Waals surface area contributed by atoms with Gasteiger partial charge in [-0.2, -0.15) is 0 Å². The number of carbonyl (C=O) groups excluding carboxylic acids is 2. The predicted octanol–water partition coefficient (Wildman–Crippen LogP) is 0.217. The van der Waals surface area contributed by atoms with E-state index in [2.05, 4.69) is 5.32 Å². The Balaban J connectivity index is 1.86. The summed E-state index contributed by atoms with van der Waals surface area (Å²) in [6.45, 7) is 1.83. The van der Waals surface area contributed by atoms with E-state index in [1.165, 1.54) is 0 Å².